The highest BCUT2D eigenvalue weighted by Gasteiger charge is 2.50. The molecule has 1 aromatic heterocycles. The van der Waals surface area contributed by atoms with Crippen LogP contribution in [0.2, 0.25) is 0 Å². The van der Waals surface area contributed by atoms with Gasteiger partial charge in [-0.1, -0.05) is 45.9 Å². The fourth-order valence-electron chi connectivity index (χ4n) is 5.94. The Morgan fingerprint density at radius 2 is 2.04 bits per heavy atom. The quantitative estimate of drug-likeness (QED) is 0.668. The van der Waals surface area contributed by atoms with E-state index < -0.39 is 0 Å². The molecule has 0 N–H and O–H groups in total. The van der Waals surface area contributed by atoms with Gasteiger partial charge in [0.05, 0.1) is 17.8 Å². The van der Waals surface area contributed by atoms with E-state index in [2.05, 4.69) is 50.8 Å². The number of fused-ring (bicyclic) bond motifs is 3. The number of hydrogen-bond donors (Lipinski definition) is 0. The van der Waals surface area contributed by atoms with E-state index in [0.717, 1.165) is 36.0 Å². The van der Waals surface area contributed by atoms with Gasteiger partial charge in [-0.2, -0.15) is 0 Å². The summed E-state index contributed by atoms with van der Waals surface area (Å²) in [6, 6.07) is 6.80. The van der Waals surface area contributed by atoms with E-state index in [4.69, 9.17) is 9.72 Å². The van der Waals surface area contributed by atoms with Crippen LogP contribution in [0.4, 0.5) is 5.69 Å². The molecule has 0 amide bonds. The Hall–Kier alpha value is -2.10. The van der Waals surface area contributed by atoms with Crippen LogP contribution in [-0.4, -0.2) is 30.1 Å². The smallest absolute Gasteiger partial charge is 0.341 e. The number of hydrogen-bond acceptors (Lipinski definition) is 4. The first-order valence-electron chi connectivity index (χ1n) is 10.6. The molecule has 0 radical (unpaired) electrons. The number of pyridine rings is 1. The lowest BCUT2D eigenvalue weighted by Crippen LogP contribution is -2.35. The SMILES string of the molecule is CCOC(=O)c1cnc2c(CC)cccc2c1N1CC2(C)CC1CC(C)(C)C2. The third kappa shape index (κ3) is 3.17. The van der Waals surface area contributed by atoms with Gasteiger partial charge in [-0.05, 0) is 49.0 Å². The maximum Gasteiger partial charge on any atom is 0.341 e. The van der Waals surface area contributed by atoms with Gasteiger partial charge in [0.1, 0.15) is 5.56 Å². The van der Waals surface area contributed by atoms with Crippen molar-refractivity contribution in [2.75, 3.05) is 18.1 Å². The van der Waals surface area contributed by atoms with Crippen LogP contribution < -0.4 is 4.90 Å². The fourth-order valence-corrected chi connectivity index (χ4v) is 5.94. The zero-order valence-electron chi connectivity index (χ0n) is 17.8. The molecule has 4 rings (SSSR count). The van der Waals surface area contributed by atoms with E-state index >= 15 is 0 Å². The van der Waals surface area contributed by atoms with Crippen molar-refractivity contribution in [1.82, 2.24) is 4.98 Å². The summed E-state index contributed by atoms with van der Waals surface area (Å²) in [7, 11) is 0. The van der Waals surface area contributed by atoms with Crippen molar-refractivity contribution in [1.29, 1.82) is 0 Å². The number of ether oxygens (including phenoxy) is 1. The van der Waals surface area contributed by atoms with Crippen LogP contribution in [0.15, 0.2) is 24.4 Å². The van der Waals surface area contributed by atoms with Crippen molar-refractivity contribution in [3.05, 3.63) is 35.5 Å². The first-order valence-corrected chi connectivity index (χ1v) is 10.6. The standard InChI is InChI=1S/C24H32N2O2/c1-6-16-9-8-10-18-20(16)25-13-19(22(27)28-7-2)21(18)26-15-24(5)12-17(26)11-23(3,4)14-24/h8-10,13,17H,6-7,11-12,14-15H2,1-5H3. The summed E-state index contributed by atoms with van der Waals surface area (Å²) < 4.78 is 5.41. The van der Waals surface area contributed by atoms with Crippen molar-refractivity contribution < 1.29 is 9.53 Å². The van der Waals surface area contributed by atoms with Gasteiger partial charge in [0.25, 0.3) is 0 Å². The predicted molar refractivity (Wildman–Crippen MR) is 114 cm³/mol. The number of rotatable bonds is 4. The Morgan fingerprint density at radius 1 is 1.25 bits per heavy atom. The zero-order chi connectivity index (χ0) is 20.1. The third-order valence-electron chi connectivity index (χ3n) is 6.53. The lowest BCUT2D eigenvalue weighted by Gasteiger charge is -2.39. The summed E-state index contributed by atoms with van der Waals surface area (Å²) in [5.41, 5.74) is 4.49. The summed E-state index contributed by atoms with van der Waals surface area (Å²) in [5, 5.41) is 1.08. The molecule has 2 atom stereocenters. The summed E-state index contributed by atoms with van der Waals surface area (Å²) in [5.74, 6) is -0.264. The first kappa shape index (κ1) is 19.2. The molecule has 2 bridgehead atoms. The van der Waals surface area contributed by atoms with Gasteiger partial charge < -0.3 is 9.64 Å². The van der Waals surface area contributed by atoms with E-state index in [1.54, 1.807) is 6.20 Å². The van der Waals surface area contributed by atoms with Gasteiger partial charge in [-0.15, -0.1) is 0 Å². The molecule has 2 fully saturated rings. The molecule has 2 aliphatic rings. The number of nitrogens with zero attached hydrogens (tertiary/aromatic N) is 2. The molecule has 1 aromatic carbocycles. The van der Waals surface area contributed by atoms with Crippen molar-refractivity contribution in [3.63, 3.8) is 0 Å². The monoisotopic (exact) mass is 380 g/mol. The maximum absolute atomic E-state index is 12.8. The maximum atomic E-state index is 12.8. The number of carbonyl (C=O) groups excluding carboxylic acids is 1. The molecule has 150 valence electrons. The fraction of sp³-hybridized carbons (Fsp3) is 0.583. The number of para-hydroxylation sites is 1. The Labute approximate surface area is 168 Å². The van der Waals surface area contributed by atoms with Gasteiger partial charge in [-0.25, -0.2) is 4.79 Å². The van der Waals surface area contributed by atoms with Crippen LogP contribution in [0.1, 0.15) is 69.8 Å². The minimum absolute atomic E-state index is 0.264. The molecule has 0 spiro atoms. The minimum atomic E-state index is -0.264. The van der Waals surface area contributed by atoms with Gasteiger partial charge in [-0.3, -0.25) is 4.98 Å². The highest BCUT2D eigenvalue weighted by molar-refractivity contribution is 6.06. The number of anilines is 1. The Balaban J connectivity index is 1.91. The van der Waals surface area contributed by atoms with Crippen LogP contribution in [-0.2, 0) is 11.2 Å². The predicted octanol–water partition coefficient (Wildman–Crippen LogP) is 5.38. The van der Waals surface area contributed by atoms with Crippen LogP contribution in [0.3, 0.4) is 0 Å². The van der Waals surface area contributed by atoms with E-state index in [0.29, 0.717) is 23.6 Å². The molecule has 28 heavy (non-hydrogen) atoms. The van der Waals surface area contributed by atoms with Crippen LogP contribution in [0.25, 0.3) is 10.9 Å². The van der Waals surface area contributed by atoms with E-state index in [1.807, 2.05) is 6.92 Å². The Kier molecular flexibility index (Phi) is 4.64. The molecule has 4 heteroatoms. The lowest BCUT2D eigenvalue weighted by molar-refractivity contribution is 0.0526. The molecule has 2 aromatic rings. The van der Waals surface area contributed by atoms with Gasteiger partial charge in [0.2, 0.25) is 0 Å². The van der Waals surface area contributed by atoms with Crippen LogP contribution in [0.5, 0.6) is 0 Å². The molecular weight excluding hydrogens is 348 g/mol. The van der Waals surface area contributed by atoms with E-state index in [-0.39, 0.29) is 11.4 Å². The molecule has 2 heterocycles. The van der Waals surface area contributed by atoms with Gasteiger partial charge >= 0.3 is 5.97 Å². The van der Waals surface area contributed by atoms with Crippen LogP contribution in [0, 0.1) is 10.8 Å². The molecular formula is C24H32N2O2. The Bertz CT molecular complexity index is 920. The van der Waals surface area contributed by atoms with E-state index in [9.17, 15) is 4.79 Å². The van der Waals surface area contributed by atoms with Gasteiger partial charge in [0.15, 0.2) is 0 Å². The molecule has 1 aliphatic carbocycles. The second-order valence-corrected chi connectivity index (χ2v) is 9.75. The number of aryl methyl sites for hydroxylation is 1. The highest BCUT2D eigenvalue weighted by atomic mass is 16.5. The third-order valence-corrected chi connectivity index (χ3v) is 6.53. The van der Waals surface area contributed by atoms with Crippen LogP contribution >= 0.6 is 0 Å². The molecule has 1 aliphatic heterocycles. The topological polar surface area (TPSA) is 42.4 Å². The number of aromatic nitrogens is 1. The minimum Gasteiger partial charge on any atom is -0.462 e. The number of carbonyl (C=O) groups is 1. The largest absolute Gasteiger partial charge is 0.462 e. The van der Waals surface area contributed by atoms with Crippen molar-refractivity contribution >= 4 is 22.6 Å². The summed E-state index contributed by atoms with van der Waals surface area (Å²) in [4.78, 5) is 20.0. The summed E-state index contributed by atoms with van der Waals surface area (Å²) >= 11 is 0. The van der Waals surface area contributed by atoms with E-state index in [1.165, 1.54) is 18.4 Å². The molecule has 1 saturated carbocycles. The molecule has 1 saturated heterocycles. The normalized spacial score (nSPS) is 25.9. The lowest BCUT2D eigenvalue weighted by atomic mass is 9.65. The second-order valence-electron chi connectivity index (χ2n) is 9.75. The molecule has 4 nitrogen and oxygen atoms in total. The average Bonchev–Trinajstić information content (AvgIpc) is 2.88. The van der Waals surface area contributed by atoms with Gasteiger partial charge in [0, 0.05) is 24.2 Å². The highest BCUT2D eigenvalue weighted by Crippen LogP contribution is 2.54. The second kappa shape index (κ2) is 6.75. The average molecular weight is 381 g/mol. The number of esters is 1. The summed E-state index contributed by atoms with van der Waals surface area (Å²) in [6.45, 7) is 12.5. The summed E-state index contributed by atoms with van der Waals surface area (Å²) in [6.07, 6.45) is 6.24. The van der Waals surface area contributed by atoms with Crippen molar-refractivity contribution in [3.8, 4) is 0 Å². The number of benzene rings is 1. The first-order chi connectivity index (χ1) is 13.3. The van der Waals surface area contributed by atoms with Crippen molar-refractivity contribution in [2.24, 2.45) is 10.8 Å². The van der Waals surface area contributed by atoms with Crippen molar-refractivity contribution in [2.45, 2.75) is 66.3 Å². The zero-order valence-corrected chi connectivity index (χ0v) is 17.8. The molecule has 2 unspecified atom stereocenters. The Morgan fingerprint density at radius 3 is 2.75 bits per heavy atom.